The Balaban J connectivity index is 4.34. The normalized spacial score (nSPS) is 14.5. The van der Waals surface area contributed by atoms with E-state index in [1.54, 1.807) is 7.11 Å². The molecule has 0 saturated heterocycles. The van der Waals surface area contributed by atoms with Gasteiger partial charge in [-0.2, -0.15) is 0 Å². The summed E-state index contributed by atoms with van der Waals surface area (Å²) in [6, 6.07) is -0.313. The van der Waals surface area contributed by atoms with Crippen molar-refractivity contribution in [2.75, 3.05) is 20.3 Å². The quantitative estimate of drug-likeness (QED) is 0.722. The second kappa shape index (κ2) is 6.37. The molecule has 102 valence electrons. The van der Waals surface area contributed by atoms with Crippen LogP contribution >= 0.6 is 0 Å². The zero-order valence-corrected chi connectivity index (χ0v) is 12.7. The number of hydrogen-bond donors (Lipinski definition) is 2. The van der Waals surface area contributed by atoms with E-state index in [0.717, 1.165) is 0 Å². The average molecular weight is 263 g/mol. The fourth-order valence-electron chi connectivity index (χ4n) is 1.03. The van der Waals surface area contributed by atoms with E-state index in [-0.39, 0.29) is 11.1 Å². The lowest BCUT2D eigenvalue weighted by molar-refractivity contribution is 0.123. The summed E-state index contributed by atoms with van der Waals surface area (Å²) in [6.45, 7) is 11.4. The van der Waals surface area contributed by atoms with E-state index >= 15 is 0 Å². The van der Waals surface area contributed by atoms with Crippen LogP contribution in [0.1, 0.15) is 20.8 Å². The van der Waals surface area contributed by atoms with E-state index in [9.17, 15) is 4.79 Å². The molecule has 5 nitrogen and oxygen atoms in total. The predicted octanol–water partition coefficient (Wildman–Crippen LogP) is 2.29. The monoisotopic (exact) mass is 263 g/mol. The molecular weight excluding hydrogens is 238 g/mol. The van der Waals surface area contributed by atoms with E-state index < -0.39 is 14.4 Å². The third-order valence-corrected chi connectivity index (χ3v) is 7.65. The summed E-state index contributed by atoms with van der Waals surface area (Å²) in [4.78, 5) is 10.6. The third kappa shape index (κ3) is 6.04. The first kappa shape index (κ1) is 16.4. The lowest BCUT2D eigenvalue weighted by atomic mass is 10.2. The van der Waals surface area contributed by atoms with Gasteiger partial charge in [-0.1, -0.05) is 20.8 Å². The van der Waals surface area contributed by atoms with Crippen molar-refractivity contribution in [2.45, 2.75) is 44.9 Å². The first-order chi connectivity index (χ1) is 7.60. The van der Waals surface area contributed by atoms with Crippen LogP contribution in [0.15, 0.2) is 0 Å². The average Bonchev–Trinajstić information content (AvgIpc) is 2.12. The van der Waals surface area contributed by atoms with Gasteiger partial charge in [0.2, 0.25) is 0 Å². The van der Waals surface area contributed by atoms with Crippen LogP contribution in [-0.4, -0.2) is 45.9 Å². The first-order valence-electron chi connectivity index (χ1n) is 5.72. The molecule has 0 heterocycles. The number of nitrogens with one attached hydrogen (secondary N) is 1. The highest BCUT2D eigenvalue weighted by Gasteiger charge is 2.37. The van der Waals surface area contributed by atoms with Gasteiger partial charge >= 0.3 is 6.09 Å². The highest BCUT2D eigenvalue weighted by Crippen LogP contribution is 2.36. The molecule has 0 bridgehead atoms. The maximum atomic E-state index is 10.6. The topological polar surface area (TPSA) is 67.8 Å². The smallest absolute Gasteiger partial charge is 0.405 e. The maximum absolute atomic E-state index is 10.6. The van der Waals surface area contributed by atoms with Crippen molar-refractivity contribution in [1.82, 2.24) is 5.32 Å². The Hall–Kier alpha value is -0.593. The molecule has 0 fully saturated rings. The third-order valence-electron chi connectivity index (χ3n) is 3.15. The maximum Gasteiger partial charge on any atom is 0.405 e. The van der Waals surface area contributed by atoms with Crippen LogP contribution < -0.4 is 5.32 Å². The predicted molar refractivity (Wildman–Crippen MR) is 70.0 cm³/mol. The fraction of sp³-hybridized carbons (Fsp3) is 0.909. The van der Waals surface area contributed by atoms with Gasteiger partial charge in [0.1, 0.15) is 0 Å². The Morgan fingerprint density at radius 1 is 1.35 bits per heavy atom. The molecule has 0 aliphatic rings. The molecule has 2 N–H and O–H groups in total. The first-order valence-corrected chi connectivity index (χ1v) is 8.63. The molecular formula is C11H25NO4Si. The molecule has 1 unspecified atom stereocenters. The Labute approximate surface area is 105 Å². The second-order valence-corrected chi connectivity index (χ2v) is 10.5. The van der Waals surface area contributed by atoms with Crippen LogP contribution in [0.2, 0.25) is 18.1 Å². The van der Waals surface area contributed by atoms with Gasteiger partial charge in [0, 0.05) is 7.11 Å². The van der Waals surface area contributed by atoms with Gasteiger partial charge in [-0.05, 0) is 18.1 Å². The Kier molecular flexibility index (Phi) is 6.15. The zero-order valence-electron chi connectivity index (χ0n) is 11.7. The van der Waals surface area contributed by atoms with Gasteiger partial charge < -0.3 is 19.6 Å². The lowest BCUT2D eigenvalue weighted by Gasteiger charge is -2.37. The van der Waals surface area contributed by atoms with Gasteiger partial charge in [0.25, 0.3) is 0 Å². The molecule has 0 aliphatic carbocycles. The summed E-state index contributed by atoms with van der Waals surface area (Å²) < 4.78 is 10.9. The van der Waals surface area contributed by atoms with E-state index in [1.165, 1.54) is 0 Å². The molecule has 0 aromatic rings. The highest BCUT2D eigenvalue weighted by molar-refractivity contribution is 6.74. The highest BCUT2D eigenvalue weighted by atomic mass is 28.4. The van der Waals surface area contributed by atoms with Crippen molar-refractivity contribution in [1.29, 1.82) is 0 Å². The van der Waals surface area contributed by atoms with Crippen molar-refractivity contribution in [3.8, 4) is 0 Å². The SMILES string of the molecule is COCC(CO[Si](C)(C)C(C)(C)C)NC(=O)O. The minimum Gasteiger partial charge on any atom is -0.465 e. The van der Waals surface area contributed by atoms with Crippen molar-refractivity contribution in [3.63, 3.8) is 0 Å². The molecule has 0 radical (unpaired) electrons. The number of hydrogen-bond acceptors (Lipinski definition) is 3. The van der Waals surface area contributed by atoms with Crippen LogP contribution in [-0.2, 0) is 9.16 Å². The van der Waals surface area contributed by atoms with E-state index in [1.807, 2.05) is 0 Å². The summed E-state index contributed by atoms with van der Waals surface area (Å²) in [5.41, 5.74) is 0. The Morgan fingerprint density at radius 3 is 2.24 bits per heavy atom. The van der Waals surface area contributed by atoms with Crippen LogP contribution in [0.4, 0.5) is 4.79 Å². The molecule has 1 amide bonds. The molecule has 0 aliphatic heterocycles. The van der Waals surface area contributed by atoms with Gasteiger partial charge in [-0.15, -0.1) is 0 Å². The molecule has 0 aromatic heterocycles. The Morgan fingerprint density at radius 2 is 1.88 bits per heavy atom. The van der Waals surface area contributed by atoms with Crippen LogP contribution in [0.3, 0.4) is 0 Å². The summed E-state index contributed by atoms with van der Waals surface area (Å²) in [5.74, 6) is 0. The second-order valence-electron chi connectivity index (χ2n) is 5.67. The van der Waals surface area contributed by atoms with Gasteiger partial charge in [0.05, 0.1) is 19.3 Å². The molecule has 6 heteroatoms. The summed E-state index contributed by atoms with van der Waals surface area (Å²) in [5, 5.41) is 11.2. The minimum atomic E-state index is -1.84. The Bertz CT molecular complexity index is 250. The van der Waals surface area contributed by atoms with Crippen molar-refractivity contribution in [2.24, 2.45) is 0 Å². The van der Waals surface area contributed by atoms with Crippen molar-refractivity contribution in [3.05, 3.63) is 0 Å². The molecule has 17 heavy (non-hydrogen) atoms. The number of methoxy groups -OCH3 is 1. The molecule has 0 saturated carbocycles. The summed E-state index contributed by atoms with van der Waals surface area (Å²) in [7, 11) is -0.292. The fourth-order valence-corrected chi connectivity index (χ4v) is 2.08. The van der Waals surface area contributed by atoms with E-state index in [0.29, 0.717) is 13.2 Å². The van der Waals surface area contributed by atoms with E-state index in [4.69, 9.17) is 14.3 Å². The van der Waals surface area contributed by atoms with Crippen LogP contribution in [0, 0.1) is 0 Å². The van der Waals surface area contributed by atoms with Crippen LogP contribution in [0.25, 0.3) is 0 Å². The van der Waals surface area contributed by atoms with Gasteiger partial charge in [-0.25, -0.2) is 4.79 Å². The number of carbonyl (C=O) groups is 1. The number of rotatable bonds is 6. The van der Waals surface area contributed by atoms with Crippen LogP contribution in [0.5, 0.6) is 0 Å². The molecule has 1 atom stereocenters. The summed E-state index contributed by atoms with van der Waals surface area (Å²) in [6.07, 6.45) is -1.05. The summed E-state index contributed by atoms with van der Waals surface area (Å²) >= 11 is 0. The minimum absolute atomic E-state index is 0.119. The lowest BCUT2D eigenvalue weighted by Crippen LogP contribution is -2.47. The zero-order chi connectivity index (χ0) is 13.7. The van der Waals surface area contributed by atoms with E-state index in [2.05, 4.69) is 39.2 Å². The van der Waals surface area contributed by atoms with Gasteiger partial charge in [0.15, 0.2) is 8.32 Å². The number of carboxylic acid groups (broad SMARTS) is 1. The molecule has 0 rings (SSSR count). The number of amides is 1. The van der Waals surface area contributed by atoms with Crippen molar-refractivity contribution < 1.29 is 19.1 Å². The van der Waals surface area contributed by atoms with Gasteiger partial charge in [-0.3, -0.25) is 0 Å². The molecule has 0 aromatic carbocycles. The van der Waals surface area contributed by atoms with Crippen molar-refractivity contribution >= 4 is 14.4 Å². The molecule has 0 spiro atoms. The largest absolute Gasteiger partial charge is 0.465 e. The number of ether oxygens (including phenoxy) is 1. The standard InChI is InChI=1S/C11H25NO4Si/c1-11(2,3)17(5,6)16-8-9(7-15-4)12-10(13)14/h9,12H,7-8H2,1-6H3,(H,13,14).